The van der Waals surface area contributed by atoms with E-state index in [0.29, 0.717) is 18.7 Å². The first-order chi connectivity index (χ1) is 9.54. The fraction of sp³-hybridized carbons (Fsp3) is 0.462. The third-order valence-electron chi connectivity index (χ3n) is 3.45. The molecule has 7 heteroatoms. The van der Waals surface area contributed by atoms with Crippen molar-refractivity contribution in [2.75, 3.05) is 20.2 Å². The molecule has 0 spiro atoms. The van der Waals surface area contributed by atoms with E-state index in [1.807, 2.05) is 0 Å². The lowest BCUT2D eigenvalue weighted by Gasteiger charge is -2.19. The number of benzene rings is 1. The van der Waals surface area contributed by atoms with Crippen LogP contribution >= 0.6 is 0 Å². The summed E-state index contributed by atoms with van der Waals surface area (Å²) >= 11 is 0. The van der Waals surface area contributed by atoms with E-state index >= 15 is 0 Å². The van der Waals surface area contributed by atoms with E-state index in [9.17, 15) is 14.9 Å². The van der Waals surface area contributed by atoms with E-state index in [1.165, 1.54) is 6.07 Å². The minimum Gasteiger partial charge on any atom is -0.378 e. The zero-order valence-electron chi connectivity index (χ0n) is 11.4. The molecule has 0 bridgehead atoms. The summed E-state index contributed by atoms with van der Waals surface area (Å²) in [6, 6.07) is 4.40. The van der Waals surface area contributed by atoms with Crippen LogP contribution in [0.2, 0.25) is 0 Å². The van der Waals surface area contributed by atoms with Gasteiger partial charge in [-0.15, -0.1) is 0 Å². The number of amides is 1. The first kappa shape index (κ1) is 14.4. The monoisotopic (exact) mass is 279 g/mol. The summed E-state index contributed by atoms with van der Waals surface area (Å²) in [6.07, 6.45) is -0.123. The Hall–Kier alpha value is -1.99. The number of methoxy groups -OCH3 is 1. The number of carbonyl (C=O) groups excluding carboxylic acids is 1. The molecule has 0 aliphatic carbocycles. The predicted molar refractivity (Wildman–Crippen MR) is 72.8 cm³/mol. The minimum atomic E-state index is -0.539. The molecule has 1 fully saturated rings. The number of carbonyl (C=O) groups is 1. The Bertz CT molecular complexity index is 532. The lowest BCUT2D eigenvalue weighted by molar-refractivity contribution is -0.385. The van der Waals surface area contributed by atoms with Gasteiger partial charge in [0.05, 0.1) is 17.1 Å². The molecule has 1 heterocycles. The molecule has 20 heavy (non-hydrogen) atoms. The summed E-state index contributed by atoms with van der Waals surface area (Å²) in [4.78, 5) is 22.8. The number of hydrogen-bond acceptors (Lipinski definition) is 5. The molecule has 0 aromatic heterocycles. The van der Waals surface area contributed by atoms with Crippen molar-refractivity contribution in [2.24, 2.45) is 0 Å². The van der Waals surface area contributed by atoms with Gasteiger partial charge in [0.2, 0.25) is 0 Å². The Balaban J connectivity index is 2.23. The fourth-order valence-corrected chi connectivity index (χ4v) is 2.39. The topological polar surface area (TPSA) is 93.5 Å². The summed E-state index contributed by atoms with van der Waals surface area (Å²) < 4.78 is 5.26. The third kappa shape index (κ3) is 2.78. The predicted octanol–water partition coefficient (Wildman–Crippen LogP) is 0.620. The van der Waals surface area contributed by atoms with Gasteiger partial charge >= 0.3 is 0 Å². The van der Waals surface area contributed by atoms with E-state index in [4.69, 9.17) is 4.74 Å². The number of nitro groups is 1. The first-order valence-electron chi connectivity index (χ1n) is 6.33. The highest BCUT2D eigenvalue weighted by atomic mass is 16.6. The van der Waals surface area contributed by atoms with Crippen LogP contribution in [0.4, 0.5) is 5.69 Å². The lowest BCUT2D eigenvalue weighted by Crippen LogP contribution is -2.43. The highest BCUT2D eigenvalue weighted by Gasteiger charge is 2.31. The summed E-state index contributed by atoms with van der Waals surface area (Å²) in [5, 5.41) is 16.9. The summed E-state index contributed by atoms with van der Waals surface area (Å²) in [5.41, 5.74) is 0.512. The molecule has 1 saturated heterocycles. The number of aryl methyl sites for hydroxylation is 1. The van der Waals surface area contributed by atoms with Gasteiger partial charge in [0, 0.05) is 26.3 Å². The Labute approximate surface area is 116 Å². The van der Waals surface area contributed by atoms with E-state index in [2.05, 4.69) is 10.6 Å². The number of hydrogen-bond donors (Lipinski definition) is 2. The molecule has 2 atom stereocenters. The zero-order chi connectivity index (χ0) is 14.7. The van der Waals surface area contributed by atoms with Crippen molar-refractivity contribution in [1.82, 2.24) is 10.6 Å². The van der Waals surface area contributed by atoms with E-state index in [1.54, 1.807) is 26.2 Å². The minimum absolute atomic E-state index is 0.110. The van der Waals surface area contributed by atoms with E-state index < -0.39 is 10.8 Å². The molecular weight excluding hydrogens is 262 g/mol. The summed E-state index contributed by atoms with van der Waals surface area (Å²) in [5.74, 6) is -0.439. The van der Waals surface area contributed by atoms with Crippen LogP contribution in [-0.2, 0) is 4.74 Å². The van der Waals surface area contributed by atoms with Gasteiger partial charge in [0.25, 0.3) is 11.6 Å². The van der Waals surface area contributed by atoms with Crippen molar-refractivity contribution in [3.05, 3.63) is 39.4 Å². The highest BCUT2D eigenvalue weighted by Crippen LogP contribution is 2.22. The largest absolute Gasteiger partial charge is 0.378 e. The average Bonchev–Trinajstić information content (AvgIpc) is 2.85. The van der Waals surface area contributed by atoms with Gasteiger partial charge in [0.15, 0.2) is 0 Å². The van der Waals surface area contributed by atoms with Gasteiger partial charge in [0.1, 0.15) is 5.56 Å². The highest BCUT2D eigenvalue weighted by molar-refractivity contribution is 5.99. The second kappa shape index (κ2) is 5.98. The standard InChI is InChI=1S/C13H17N3O4/c1-8-4-3-5-10(16(18)19)12(8)13(17)15-9-6-14-7-11(9)20-2/h3-5,9,11,14H,6-7H2,1-2H3,(H,15,17)/t9?,11-/m0/s1. The number of nitro benzene ring substituents is 1. The molecule has 1 aliphatic heterocycles. The molecule has 1 aromatic rings. The molecule has 1 aliphatic rings. The molecular formula is C13H17N3O4. The third-order valence-corrected chi connectivity index (χ3v) is 3.45. The second-order valence-corrected chi connectivity index (χ2v) is 4.74. The van der Waals surface area contributed by atoms with Crippen LogP contribution in [0.1, 0.15) is 15.9 Å². The fourth-order valence-electron chi connectivity index (χ4n) is 2.39. The molecule has 2 rings (SSSR count). The van der Waals surface area contributed by atoms with E-state index in [0.717, 1.165) is 0 Å². The van der Waals surface area contributed by atoms with Gasteiger partial charge < -0.3 is 15.4 Å². The van der Waals surface area contributed by atoms with Crippen LogP contribution < -0.4 is 10.6 Å². The molecule has 7 nitrogen and oxygen atoms in total. The molecule has 1 aromatic carbocycles. The van der Waals surface area contributed by atoms with Crippen LogP contribution in [0.15, 0.2) is 18.2 Å². The quantitative estimate of drug-likeness (QED) is 0.622. The van der Waals surface area contributed by atoms with Crippen LogP contribution in [-0.4, -0.2) is 43.2 Å². The molecule has 1 amide bonds. The smallest absolute Gasteiger partial charge is 0.282 e. The van der Waals surface area contributed by atoms with E-state index in [-0.39, 0.29) is 23.4 Å². The maximum Gasteiger partial charge on any atom is 0.282 e. The van der Waals surface area contributed by atoms with Crippen LogP contribution in [0, 0.1) is 17.0 Å². The molecule has 1 unspecified atom stereocenters. The van der Waals surface area contributed by atoms with Crippen LogP contribution in [0.5, 0.6) is 0 Å². The zero-order valence-corrected chi connectivity index (χ0v) is 11.4. The first-order valence-corrected chi connectivity index (χ1v) is 6.33. The Morgan fingerprint density at radius 2 is 2.25 bits per heavy atom. The number of rotatable bonds is 4. The van der Waals surface area contributed by atoms with Crippen molar-refractivity contribution in [3.63, 3.8) is 0 Å². The Morgan fingerprint density at radius 3 is 2.90 bits per heavy atom. The lowest BCUT2D eigenvalue weighted by atomic mass is 10.1. The van der Waals surface area contributed by atoms with Crippen molar-refractivity contribution in [1.29, 1.82) is 0 Å². The van der Waals surface area contributed by atoms with Crippen LogP contribution in [0.3, 0.4) is 0 Å². The number of nitrogens with one attached hydrogen (secondary N) is 2. The molecule has 0 radical (unpaired) electrons. The SMILES string of the molecule is CO[C@H]1CNCC1NC(=O)c1c(C)cccc1[N+](=O)[O-]. The molecule has 2 N–H and O–H groups in total. The normalized spacial score (nSPS) is 21.7. The van der Waals surface area contributed by atoms with Crippen LogP contribution in [0.25, 0.3) is 0 Å². The van der Waals surface area contributed by atoms with Gasteiger partial charge in [-0.1, -0.05) is 12.1 Å². The van der Waals surface area contributed by atoms with Crippen molar-refractivity contribution >= 4 is 11.6 Å². The van der Waals surface area contributed by atoms with Gasteiger partial charge in [-0.25, -0.2) is 0 Å². The Kier molecular flexibility index (Phi) is 4.31. The van der Waals surface area contributed by atoms with Gasteiger partial charge in [-0.2, -0.15) is 0 Å². The second-order valence-electron chi connectivity index (χ2n) is 4.74. The number of nitrogens with zero attached hydrogens (tertiary/aromatic N) is 1. The van der Waals surface area contributed by atoms with Crippen molar-refractivity contribution in [3.8, 4) is 0 Å². The Morgan fingerprint density at radius 1 is 1.50 bits per heavy atom. The van der Waals surface area contributed by atoms with Crippen molar-refractivity contribution < 1.29 is 14.5 Å². The van der Waals surface area contributed by atoms with Crippen molar-refractivity contribution in [2.45, 2.75) is 19.1 Å². The maximum atomic E-state index is 12.3. The van der Waals surface area contributed by atoms with Gasteiger partial charge in [-0.05, 0) is 12.5 Å². The summed E-state index contributed by atoms with van der Waals surface area (Å²) in [7, 11) is 1.58. The summed E-state index contributed by atoms with van der Waals surface area (Å²) in [6.45, 7) is 2.92. The number of ether oxygens (including phenoxy) is 1. The maximum absolute atomic E-state index is 12.3. The molecule has 0 saturated carbocycles. The van der Waals surface area contributed by atoms with Gasteiger partial charge in [-0.3, -0.25) is 14.9 Å². The molecule has 108 valence electrons. The average molecular weight is 279 g/mol.